The molecule has 0 aromatic rings. The lowest BCUT2D eigenvalue weighted by atomic mass is 9.94. The largest absolute Gasteiger partial charge is 0.480 e. The molecule has 9 nitrogen and oxygen atoms in total. The zero-order chi connectivity index (χ0) is 16.0. The van der Waals surface area contributed by atoms with E-state index in [1.165, 1.54) is 11.9 Å². The molecule has 0 radical (unpaired) electrons. The lowest BCUT2D eigenvalue weighted by Crippen LogP contribution is -2.53. The minimum absolute atomic E-state index is 0.0467. The van der Waals surface area contributed by atoms with Crippen molar-refractivity contribution in [2.75, 3.05) is 26.8 Å². The molecular formula is C12H21N3O6. The first kappa shape index (κ1) is 17.2. The molecule has 0 unspecified atom stereocenters. The second-order valence-electron chi connectivity index (χ2n) is 5.20. The number of carbonyl (C=O) groups excluding carboxylic acids is 2. The number of aliphatic hydroxyl groups is 1. The molecule has 1 aliphatic rings. The summed E-state index contributed by atoms with van der Waals surface area (Å²) < 4.78 is 5.14. The molecule has 1 atom stereocenters. The number of nitrogens with zero attached hydrogens (tertiary/aromatic N) is 1. The quantitative estimate of drug-likeness (QED) is 0.470. The van der Waals surface area contributed by atoms with Crippen LogP contribution in [-0.4, -0.2) is 71.5 Å². The fourth-order valence-electron chi connectivity index (χ4n) is 2.08. The molecule has 1 rings (SSSR count). The highest BCUT2D eigenvalue weighted by Gasteiger charge is 2.33. The number of urea groups is 1. The normalized spacial score (nSPS) is 18.6. The van der Waals surface area contributed by atoms with Crippen molar-refractivity contribution in [3.8, 4) is 0 Å². The van der Waals surface area contributed by atoms with Gasteiger partial charge in [-0.3, -0.25) is 4.79 Å². The van der Waals surface area contributed by atoms with Crippen molar-refractivity contribution in [3.63, 3.8) is 0 Å². The first-order valence-corrected chi connectivity index (χ1v) is 6.56. The van der Waals surface area contributed by atoms with Gasteiger partial charge in [-0.25, -0.2) is 9.59 Å². The molecule has 9 heteroatoms. The highest BCUT2D eigenvalue weighted by Crippen LogP contribution is 2.21. The Balaban J connectivity index is 2.56. The van der Waals surface area contributed by atoms with Crippen LogP contribution in [0.25, 0.3) is 0 Å². The Bertz CT molecular complexity index is 408. The molecule has 1 aliphatic heterocycles. The van der Waals surface area contributed by atoms with Crippen LogP contribution in [0.3, 0.4) is 0 Å². The Kier molecular flexibility index (Phi) is 5.91. The number of primary amides is 1. The fourth-order valence-corrected chi connectivity index (χ4v) is 2.08. The van der Waals surface area contributed by atoms with Gasteiger partial charge in [-0.1, -0.05) is 0 Å². The lowest BCUT2D eigenvalue weighted by Gasteiger charge is -2.35. The maximum absolute atomic E-state index is 11.9. The summed E-state index contributed by atoms with van der Waals surface area (Å²) in [6, 6.07) is -2.08. The summed E-state index contributed by atoms with van der Waals surface area (Å²) in [5.41, 5.74) is 3.88. The lowest BCUT2D eigenvalue weighted by molar-refractivity contribution is -0.141. The number of carboxylic acids is 1. The minimum atomic E-state index is -1.39. The maximum atomic E-state index is 11.9. The second-order valence-corrected chi connectivity index (χ2v) is 5.20. The fraction of sp³-hybridized carbons (Fsp3) is 0.750. The number of carbonyl (C=O) groups is 3. The zero-order valence-electron chi connectivity index (χ0n) is 11.9. The monoisotopic (exact) mass is 303 g/mol. The Morgan fingerprint density at radius 2 is 1.95 bits per heavy atom. The number of nitrogens with one attached hydrogen (secondary N) is 1. The summed E-state index contributed by atoms with van der Waals surface area (Å²) in [6.45, 7) is 0.863. The third-order valence-corrected chi connectivity index (χ3v) is 3.30. The zero-order valence-corrected chi connectivity index (χ0v) is 11.9. The van der Waals surface area contributed by atoms with Crippen molar-refractivity contribution in [1.82, 2.24) is 10.2 Å². The van der Waals surface area contributed by atoms with Crippen LogP contribution in [0.5, 0.6) is 0 Å². The van der Waals surface area contributed by atoms with E-state index in [9.17, 15) is 19.5 Å². The first-order chi connectivity index (χ1) is 9.73. The van der Waals surface area contributed by atoms with Crippen LogP contribution in [0.2, 0.25) is 0 Å². The smallest absolute Gasteiger partial charge is 0.326 e. The standard InChI is InChI=1S/C12H21N3O6/c1-15(7-12(20)2-4-21-5-3-12)11(19)14-8(10(17)18)6-9(13)16/h8,20H,2-7H2,1H3,(H2,13,16)(H,14,19)(H,17,18)/t8-/m1/s1. The Morgan fingerprint density at radius 3 is 2.43 bits per heavy atom. The van der Waals surface area contributed by atoms with E-state index in [-0.39, 0.29) is 6.54 Å². The van der Waals surface area contributed by atoms with Gasteiger partial charge in [0.15, 0.2) is 0 Å². The third-order valence-electron chi connectivity index (χ3n) is 3.30. The average Bonchev–Trinajstić information content (AvgIpc) is 2.37. The summed E-state index contributed by atoms with van der Waals surface area (Å²) in [4.78, 5) is 34.8. The number of nitrogens with two attached hydrogens (primary N) is 1. The van der Waals surface area contributed by atoms with Crippen molar-refractivity contribution in [1.29, 1.82) is 0 Å². The van der Waals surface area contributed by atoms with E-state index < -0.39 is 36.0 Å². The molecule has 0 aromatic heterocycles. The number of amides is 3. The van der Waals surface area contributed by atoms with Gasteiger partial charge in [0.1, 0.15) is 6.04 Å². The van der Waals surface area contributed by atoms with Gasteiger partial charge in [0.25, 0.3) is 0 Å². The first-order valence-electron chi connectivity index (χ1n) is 6.56. The molecule has 0 saturated carbocycles. The Hall–Kier alpha value is -1.87. The molecule has 21 heavy (non-hydrogen) atoms. The van der Waals surface area contributed by atoms with Crippen molar-refractivity contribution in [2.45, 2.75) is 30.9 Å². The Morgan fingerprint density at radius 1 is 1.38 bits per heavy atom. The van der Waals surface area contributed by atoms with Crippen LogP contribution in [0.15, 0.2) is 0 Å². The van der Waals surface area contributed by atoms with Crippen LogP contribution in [0, 0.1) is 0 Å². The van der Waals surface area contributed by atoms with E-state index in [1.54, 1.807) is 0 Å². The van der Waals surface area contributed by atoms with Gasteiger partial charge in [0, 0.05) is 33.1 Å². The summed E-state index contributed by atoms with van der Waals surface area (Å²) >= 11 is 0. The van der Waals surface area contributed by atoms with Crippen molar-refractivity contribution in [3.05, 3.63) is 0 Å². The molecule has 0 bridgehead atoms. The van der Waals surface area contributed by atoms with Gasteiger partial charge in [-0.05, 0) is 0 Å². The molecule has 5 N–H and O–H groups in total. The number of rotatable bonds is 6. The van der Waals surface area contributed by atoms with E-state index in [0.717, 1.165) is 0 Å². The van der Waals surface area contributed by atoms with Gasteiger partial charge in [0.2, 0.25) is 5.91 Å². The summed E-state index contributed by atoms with van der Waals surface area (Å²) in [5.74, 6) is -2.17. The van der Waals surface area contributed by atoms with Gasteiger partial charge >= 0.3 is 12.0 Å². The molecule has 1 fully saturated rings. The molecule has 120 valence electrons. The van der Waals surface area contributed by atoms with Crippen LogP contribution < -0.4 is 11.1 Å². The molecule has 0 spiro atoms. The highest BCUT2D eigenvalue weighted by molar-refractivity contribution is 5.87. The maximum Gasteiger partial charge on any atom is 0.326 e. The molecule has 1 heterocycles. The third kappa shape index (κ3) is 5.56. The number of likely N-dealkylation sites (N-methyl/N-ethyl adjacent to an activating group) is 1. The van der Waals surface area contributed by atoms with E-state index in [1.807, 2.05) is 0 Å². The van der Waals surface area contributed by atoms with Gasteiger partial charge in [-0.2, -0.15) is 0 Å². The highest BCUT2D eigenvalue weighted by atomic mass is 16.5. The van der Waals surface area contributed by atoms with Gasteiger partial charge in [0.05, 0.1) is 18.6 Å². The predicted molar refractivity (Wildman–Crippen MR) is 71.4 cm³/mol. The van der Waals surface area contributed by atoms with E-state index in [2.05, 4.69) is 5.32 Å². The van der Waals surface area contributed by atoms with Crippen molar-refractivity contribution < 1.29 is 29.3 Å². The molecular weight excluding hydrogens is 282 g/mol. The number of carboxylic acid groups (broad SMARTS) is 1. The van der Waals surface area contributed by atoms with Crippen LogP contribution >= 0.6 is 0 Å². The topological polar surface area (TPSA) is 142 Å². The van der Waals surface area contributed by atoms with Crippen LogP contribution in [0.4, 0.5) is 4.79 Å². The SMILES string of the molecule is CN(CC1(O)CCOCC1)C(=O)N[C@H](CC(N)=O)C(=O)O. The summed E-state index contributed by atoms with van der Waals surface area (Å²) in [7, 11) is 1.44. The van der Waals surface area contributed by atoms with Crippen molar-refractivity contribution in [2.24, 2.45) is 5.73 Å². The number of hydrogen-bond acceptors (Lipinski definition) is 5. The van der Waals surface area contributed by atoms with Crippen LogP contribution in [0.1, 0.15) is 19.3 Å². The number of aliphatic carboxylic acids is 1. The second kappa shape index (κ2) is 7.23. The molecule has 1 saturated heterocycles. The predicted octanol–water partition coefficient (Wildman–Crippen LogP) is -1.50. The number of hydrogen-bond donors (Lipinski definition) is 4. The molecule has 0 aliphatic carbocycles. The van der Waals surface area contributed by atoms with Crippen LogP contribution in [-0.2, 0) is 14.3 Å². The van der Waals surface area contributed by atoms with Gasteiger partial charge in [-0.15, -0.1) is 0 Å². The van der Waals surface area contributed by atoms with E-state index in [0.29, 0.717) is 26.1 Å². The van der Waals surface area contributed by atoms with Crippen molar-refractivity contribution >= 4 is 17.9 Å². The minimum Gasteiger partial charge on any atom is -0.480 e. The Labute approximate surface area is 122 Å². The molecule has 0 aromatic carbocycles. The van der Waals surface area contributed by atoms with Gasteiger partial charge < -0.3 is 30.9 Å². The number of ether oxygens (including phenoxy) is 1. The average molecular weight is 303 g/mol. The summed E-state index contributed by atoms with van der Waals surface area (Å²) in [5, 5.41) is 21.4. The van der Waals surface area contributed by atoms with E-state index >= 15 is 0 Å². The summed E-state index contributed by atoms with van der Waals surface area (Å²) in [6.07, 6.45) is 0.301. The van der Waals surface area contributed by atoms with E-state index in [4.69, 9.17) is 15.6 Å². The molecule has 3 amide bonds.